The van der Waals surface area contributed by atoms with E-state index in [4.69, 9.17) is 10.7 Å². The second-order valence-corrected chi connectivity index (χ2v) is 7.10. The number of amides is 1. The molecule has 0 spiro atoms. The molecular formula is C12H13ClFNO3S. The average Bonchev–Trinajstić information content (AvgIpc) is 3.06. The van der Waals surface area contributed by atoms with Crippen molar-refractivity contribution in [1.29, 1.82) is 0 Å². The van der Waals surface area contributed by atoms with Gasteiger partial charge in [-0.05, 0) is 30.5 Å². The van der Waals surface area contributed by atoms with E-state index < -0.39 is 25.7 Å². The molecule has 4 nitrogen and oxygen atoms in total. The van der Waals surface area contributed by atoms with Gasteiger partial charge in [-0.3, -0.25) is 4.79 Å². The molecule has 1 saturated carbocycles. The maximum atomic E-state index is 13.3. The molecule has 0 radical (unpaired) electrons. The van der Waals surface area contributed by atoms with Crippen LogP contribution >= 0.6 is 10.7 Å². The third kappa shape index (κ3) is 3.25. The quantitative estimate of drug-likeness (QED) is 0.868. The van der Waals surface area contributed by atoms with Crippen molar-refractivity contribution >= 4 is 25.6 Å². The number of halogens is 2. The molecule has 1 aromatic carbocycles. The van der Waals surface area contributed by atoms with Crippen LogP contribution in [0.4, 0.5) is 4.39 Å². The molecule has 1 aliphatic carbocycles. The lowest BCUT2D eigenvalue weighted by Gasteiger charge is -2.06. The predicted octanol–water partition coefficient (Wildman–Crippen LogP) is 2.28. The topological polar surface area (TPSA) is 63.2 Å². The van der Waals surface area contributed by atoms with Gasteiger partial charge in [0.2, 0.25) is 0 Å². The summed E-state index contributed by atoms with van der Waals surface area (Å²) >= 11 is 0. The molecule has 0 bridgehead atoms. The number of carbonyl (C=O) groups excluding carboxylic acids is 1. The molecule has 0 heterocycles. The lowest BCUT2D eigenvalue weighted by molar-refractivity contribution is 0.0948. The Bertz CT molecular complexity index is 617. The van der Waals surface area contributed by atoms with Crippen LogP contribution in [0.3, 0.4) is 0 Å². The zero-order valence-corrected chi connectivity index (χ0v) is 11.8. The van der Waals surface area contributed by atoms with Crippen LogP contribution in [0.5, 0.6) is 0 Å². The minimum Gasteiger partial charge on any atom is -0.349 e. The minimum atomic E-state index is -4.20. The summed E-state index contributed by atoms with van der Waals surface area (Å²) in [6.07, 6.45) is 1.90. The highest BCUT2D eigenvalue weighted by molar-refractivity contribution is 8.13. The van der Waals surface area contributed by atoms with E-state index in [1.54, 1.807) is 0 Å². The number of benzene rings is 1. The van der Waals surface area contributed by atoms with Gasteiger partial charge in [-0.1, -0.05) is 13.3 Å². The van der Waals surface area contributed by atoms with E-state index in [9.17, 15) is 17.6 Å². The van der Waals surface area contributed by atoms with Crippen molar-refractivity contribution < 1.29 is 17.6 Å². The van der Waals surface area contributed by atoms with Gasteiger partial charge in [0.25, 0.3) is 15.0 Å². The summed E-state index contributed by atoms with van der Waals surface area (Å²) in [4.78, 5) is 11.2. The highest BCUT2D eigenvalue weighted by Crippen LogP contribution is 2.33. The Labute approximate surface area is 115 Å². The lowest BCUT2D eigenvalue weighted by atomic mass is 10.2. The van der Waals surface area contributed by atoms with Crippen LogP contribution < -0.4 is 5.32 Å². The van der Waals surface area contributed by atoms with Gasteiger partial charge in [-0.2, -0.15) is 0 Å². The third-order valence-electron chi connectivity index (χ3n) is 3.22. The van der Waals surface area contributed by atoms with Crippen molar-refractivity contribution in [3.05, 3.63) is 29.6 Å². The first-order valence-electron chi connectivity index (χ1n) is 5.88. The first-order valence-corrected chi connectivity index (χ1v) is 8.19. The second kappa shape index (κ2) is 5.09. The van der Waals surface area contributed by atoms with Crippen molar-refractivity contribution in [3.8, 4) is 0 Å². The van der Waals surface area contributed by atoms with Gasteiger partial charge in [0.05, 0.1) is 0 Å². The zero-order valence-electron chi connectivity index (χ0n) is 10.2. The molecule has 2 rings (SSSR count). The summed E-state index contributed by atoms with van der Waals surface area (Å²) in [5, 5.41) is 2.77. The molecule has 2 atom stereocenters. The fourth-order valence-corrected chi connectivity index (χ4v) is 2.88. The number of hydrogen-bond acceptors (Lipinski definition) is 3. The first-order chi connectivity index (χ1) is 8.82. The first kappa shape index (κ1) is 14.3. The molecule has 1 aromatic rings. The molecule has 19 heavy (non-hydrogen) atoms. The summed E-state index contributed by atoms with van der Waals surface area (Å²) < 4.78 is 35.6. The van der Waals surface area contributed by atoms with Crippen LogP contribution in [0.25, 0.3) is 0 Å². The molecule has 7 heteroatoms. The van der Waals surface area contributed by atoms with Crippen LogP contribution in [0, 0.1) is 11.7 Å². The van der Waals surface area contributed by atoms with E-state index >= 15 is 0 Å². The van der Waals surface area contributed by atoms with E-state index in [1.807, 2.05) is 6.92 Å². The normalized spacial score (nSPS) is 22.1. The van der Waals surface area contributed by atoms with E-state index in [2.05, 4.69) is 5.32 Å². The summed E-state index contributed by atoms with van der Waals surface area (Å²) in [7, 11) is 0.904. The van der Waals surface area contributed by atoms with E-state index in [-0.39, 0.29) is 11.6 Å². The van der Waals surface area contributed by atoms with Gasteiger partial charge in [-0.25, -0.2) is 12.8 Å². The molecule has 2 unspecified atom stereocenters. The van der Waals surface area contributed by atoms with Crippen LogP contribution in [0.2, 0.25) is 0 Å². The van der Waals surface area contributed by atoms with E-state index in [1.165, 1.54) is 6.07 Å². The summed E-state index contributed by atoms with van der Waals surface area (Å²) in [5.74, 6) is -0.910. The Morgan fingerprint density at radius 1 is 1.53 bits per heavy atom. The van der Waals surface area contributed by atoms with Gasteiger partial charge in [0, 0.05) is 22.3 Å². The fourth-order valence-electron chi connectivity index (χ4n) is 1.96. The largest absolute Gasteiger partial charge is 0.349 e. The number of carbonyl (C=O) groups is 1. The Hall–Kier alpha value is -1.14. The van der Waals surface area contributed by atoms with Crippen molar-refractivity contribution in [2.45, 2.75) is 30.7 Å². The van der Waals surface area contributed by atoms with Crippen molar-refractivity contribution in [2.24, 2.45) is 5.92 Å². The van der Waals surface area contributed by atoms with Crippen molar-refractivity contribution in [3.63, 3.8) is 0 Å². The SMILES string of the molecule is CCC1CC1NC(=O)c1ccc(F)c(S(=O)(=O)Cl)c1. The fraction of sp³-hybridized carbons (Fsp3) is 0.417. The smallest absolute Gasteiger partial charge is 0.264 e. The highest BCUT2D eigenvalue weighted by Gasteiger charge is 2.36. The Kier molecular flexibility index (Phi) is 3.82. The maximum absolute atomic E-state index is 13.3. The molecule has 1 amide bonds. The monoisotopic (exact) mass is 305 g/mol. The van der Waals surface area contributed by atoms with Gasteiger partial charge < -0.3 is 5.32 Å². The van der Waals surface area contributed by atoms with Gasteiger partial charge in [0.15, 0.2) is 0 Å². The molecule has 1 aliphatic rings. The number of hydrogen-bond donors (Lipinski definition) is 1. The maximum Gasteiger partial charge on any atom is 0.264 e. The summed E-state index contributed by atoms with van der Waals surface area (Å²) in [6.45, 7) is 2.03. The van der Waals surface area contributed by atoms with E-state index in [0.29, 0.717) is 5.92 Å². The zero-order chi connectivity index (χ0) is 14.2. The Morgan fingerprint density at radius 2 is 2.21 bits per heavy atom. The molecule has 104 valence electrons. The van der Waals surface area contributed by atoms with Crippen LogP contribution in [-0.2, 0) is 9.05 Å². The Morgan fingerprint density at radius 3 is 2.74 bits per heavy atom. The second-order valence-electron chi connectivity index (χ2n) is 4.57. The van der Waals surface area contributed by atoms with Gasteiger partial charge >= 0.3 is 0 Å². The predicted molar refractivity (Wildman–Crippen MR) is 69.1 cm³/mol. The standard InChI is InChI=1S/C12H13ClFNO3S/c1-2-7-5-10(7)15-12(16)8-3-4-9(14)11(6-8)19(13,17)18/h3-4,6-7,10H,2,5H2,1H3,(H,15,16). The number of nitrogens with one attached hydrogen (secondary N) is 1. The lowest BCUT2D eigenvalue weighted by Crippen LogP contribution is -2.27. The molecular weight excluding hydrogens is 293 g/mol. The molecule has 1 fully saturated rings. The van der Waals surface area contributed by atoms with Gasteiger partial charge in [0.1, 0.15) is 10.7 Å². The molecule has 0 saturated heterocycles. The van der Waals surface area contributed by atoms with E-state index in [0.717, 1.165) is 25.0 Å². The molecule has 1 N–H and O–H groups in total. The third-order valence-corrected chi connectivity index (χ3v) is 4.56. The number of rotatable bonds is 4. The summed E-state index contributed by atoms with van der Waals surface area (Å²) in [5.41, 5.74) is 0.0855. The minimum absolute atomic E-state index is 0.0855. The Balaban J connectivity index is 2.19. The van der Waals surface area contributed by atoms with Crippen molar-refractivity contribution in [1.82, 2.24) is 5.32 Å². The van der Waals surface area contributed by atoms with Crippen LogP contribution in [0.1, 0.15) is 30.1 Å². The van der Waals surface area contributed by atoms with Crippen LogP contribution in [0.15, 0.2) is 23.1 Å². The average molecular weight is 306 g/mol. The molecule has 0 aromatic heterocycles. The van der Waals surface area contributed by atoms with Crippen molar-refractivity contribution in [2.75, 3.05) is 0 Å². The van der Waals surface area contributed by atoms with Crippen LogP contribution in [-0.4, -0.2) is 20.4 Å². The highest BCUT2D eigenvalue weighted by atomic mass is 35.7. The summed E-state index contributed by atoms with van der Waals surface area (Å²) in [6, 6.07) is 3.24. The molecule has 0 aliphatic heterocycles. The van der Waals surface area contributed by atoms with Gasteiger partial charge in [-0.15, -0.1) is 0 Å².